The monoisotopic (exact) mass is 145 g/mol. The number of nitrogens with one attached hydrogen (secondary N) is 1. The third-order valence-electron chi connectivity index (χ3n) is 1.29. The second kappa shape index (κ2) is 5.34. The van der Waals surface area contributed by atoms with Crippen LogP contribution in [0.5, 0.6) is 0 Å². The first-order valence-electron chi connectivity index (χ1n) is 3.35. The van der Waals surface area contributed by atoms with E-state index in [2.05, 4.69) is 5.43 Å². The zero-order valence-electron chi connectivity index (χ0n) is 6.21. The summed E-state index contributed by atoms with van der Waals surface area (Å²) in [4.78, 5) is 10.1. The lowest BCUT2D eigenvalue weighted by Gasteiger charge is -2.11. The highest BCUT2D eigenvalue weighted by Gasteiger charge is 2.06. The van der Waals surface area contributed by atoms with Crippen LogP contribution >= 0.6 is 0 Å². The first-order chi connectivity index (χ1) is 4.70. The van der Waals surface area contributed by atoms with Crippen molar-refractivity contribution in [2.45, 2.75) is 19.4 Å². The second-order valence-corrected chi connectivity index (χ2v) is 2.52. The zero-order valence-corrected chi connectivity index (χ0v) is 6.21. The van der Waals surface area contributed by atoms with Crippen LogP contribution in [0.2, 0.25) is 0 Å². The van der Waals surface area contributed by atoms with E-state index in [1.165, 1.54) is 0 Å². The molecule has 0 radical (unpaired) electrons. The summed E-state index contributed by atoms with van der Waals surface area (Å²) in [5.74, 6) is 5.06. The van der Waals surface area contributed by atoms with E-state index in [1.54, 1.807) is 0 Å². The van der Waals surface area contributed by atoms with Gasteiger partial charge in [0, 0.05) is 18.5 Å². The smallest absolute Gasteiger partial charge is 0.122 e. The molecule has 2 atom stereocenters. The number of aldehydes is 1. The molecule has 0 saturated carbocycles. The molecule has 0 aromatic heterocycles. The van der Waals surface area contributed by atoms with Crippen molar-refractivity contribution in [2.75, 3.05) is 6.54 Å². The van der Waals surface area contributed by atoms with Gasteiger partial charge in [0.15, 0.2) is 0 Å². The van der Waals surface area contributed by atoms with Gasteiger partial charge in [-0.3, -0.25) is 11.3 Å². The summed E-state index contributed by atoms with van der Waals surface area (Å²) in [5, 5.41) is 0. The van der Waals surface area contributed by atoms with Crippen LogP contribution in [0.3, 0.4) is 0 Å². The van der Waals surface area contributed by atoms with Crippen LogP contribution < -0.4 is 17.0 Å². The van der Waals surface area contributed by atoms with Gasteiger partial charge in [-0.2, -0.15) is 0 Å². The van der Waals surface area contributed by atoms with E-state index in [-0.39, 0.29) is 12.0 Å². The molecule has 4 nitrogen and oxygen atoms in total. The Morgan fingerprint density at radius 2 is 2.30 bits per heavy atom. The molecule has 0 spiro atoms. The van der Waals surface area contributed by atoms with Crippen molar-refractivity contribution in [1.29, 1.82) is 0 Å². The van der Waals surface area contributed by atoms with E-state index >= 15 is 0 Å². The Hall–Kier alpha value is -0.450. The number of carbonyl (C=O) groups is 1. The van der Waals surface area contributed by atoms with Crippen molar-refractivity contribution in [3.63, 3.8) is 0 Å². The Labute approximate surface area is 60.9 Å². The first kappa shape index (κ1) is 9.55. The van der Waals surface area contributed by atoms with E-state index in [0.29, 0.717) is 13.0 Å². The summed E-state index contributed by atoms with van der Waals surface area (Å²) >= 11 is 0. The van der Waals surface area contributed by atoms with Crippen LogP contribution in [-0.2, 0) is 4.79 Å². The number of nitrogens with two attached hydrogens (primary N) is 2. The summed E-state index contributed by atoms with van der Waals surface area (Å²) in [6, 6.07) is -0.0230. The predicted octanol–water partition coefficient (Wildman–Crippen LogP) is -0.998. The molecule has 4 heteroatoms. The van der Waals surface area contributed by atoms with Crippen LogP contribution in [0.15, 0.2) is 0 Å². The minimum absolute atomic E-state index is 0.0230. The Balaban J connectivity index is 3.36. The van der Waals surface area contributed by atoms with E-state index in [4.69, 9.17) is 11.6 Å². The molecule has 0 heterocycles. The SMILES string of the molecule is CC(C=O)C[C@@H](N)CNN. The average Bonchev–Trinajstić information content (AvgIpc) is 1.88. The van der Waals surface area contributed by atoms with Crippen molar-refractivity contribution >= 4 is 6.29 Å². The number of hydrogen-bond donors (Lipinski definition) is 3. The average molecular weight is 145 g/mol. The molecule has 1 unspecified atom stereocenters. The van der Waals surface area contributed by atoms with Gasteiger partial charge in [-0.15, -0.1) is 0 Å². The van der Waals surface area contributed by atoms with Gasteiger partial charge in [0.2, 0.25) is 0 Å². The Morgan fingerprint density at radius 1 is 1.70 bits per heavy atom. The van der Waals surface area contributed by atoms with Crippen LogP contribution in [0.4, 0.5) is 0 Å². The van der Waals surface area contributed by atoms with Crippen LogP contribution in [0, 0.1) is 5.92 Å². The van der Waals surface area contributed by atoms with Gasteiger partial charge in [-0.25, -0.2) is 0 Å². The molecule has 0 bridgehead atoms. The summed E-state index contributed by atoms with van der Waals surface area (Å²) in [5.41, 5.74) is 8.02. The van der Waals surface area contributed by atoms with Crippen molar-refractivity contribution < 1.29 is 4.79 Å². The fraction of sp³-hybridized carbons (Fsp3) is 0.833. The number of carbonyl (C=O) groups excluding carboxylic acids is 1. The molecule has 0 rings (SSSR count). The third-order valence-corrected chi connectivity index (χ3v) is 1.29. The zero-order chi connectivity index (χ0) is 7.98. The molecule has 0 saturated heterocycles. The van der Waals surface area contributed by atoms with Gasteiger partial charge < -0.3 is 10.5 Å². The topological polar surface area (TPSA) is 81.1 Å². The molecule has 0 aromatic carbocycles. The third kappa shape index (κ3) is 4.43. The first-order valence-corrected chi connectivity index (χ1v) is 3.35. The maximum Gasteiger partial charge on any atom is 0.122 e. The predicted molar refractivity (Wildman–Crippen MR) is 40.0 cm³/mol. The summed E-state index contributed by atoms with van der Waals surface area (Å²) in [7, 11) is 0. The normalized spacial score (nSPS) is 16.3. The van der Waals surface area contributed by atoms with E-state index in [0.717, 1.165) is 6.29 Å². The Morgan fingerprint density at radius 3 is 2.70 bits per heavy atom. The molecule has 10 heavy (non-hydrogen) atoms. The maximum absolute atomic E-state index is 10.1. The lowest BCUT2D eigenvalue weighted by molar-refractivity contribution is -0.110. The van der Waals surface area contributed by atoms with E-state index < -0.39 is 0 Å². The van der Waals surface area contributed by atoms with Crippen LogP contribution in [0.25, 0.3) is 0 Å². The largest absolute Gasteiger partial charge is 0.326 e. The summed E-state index contributed by atoms with van der Waals surface area (Å²) < 4.78 is 0. The molecule has 0 aliphatic carbocycles. The van der Waals surface area contributed by atoms with Gasteiger partial charge in [-0.1, -0.05) is 6.92 Å². The van der Waals surface area contributed by atoms with Crippen molar-refractivity contribution in [3.8, 4) is 0 Å². The van der Waals surface area contributed by atoms with E-state index in [1.807, 2.05) is 6.92 Å². The van der Waals surface area contributed by atoms with Gasteiger partial charge in [0.1, 0.15) is 6.29 Å². The van der Waals surface area contributed by atoms with Gasteiger partial charge >= 0.3 is 0 Å². The molecular formula is C6H15N3O. The number of rotatable bonds is 5. The minimum atomic E-state index is -0.0230. The molecule has 0 aliphatic heterocycles. The quantitative estimate of drug-likeness (QED) is 0.263. The Kier molecular flexibility index (Phi) is 5.10. The van der Waals surface area contributed by atoms with Crippen molar-refractivity contribution in [2.24, 2.45) is 17.5 Å². The van der Waals surface area contributed by atoms with Gasteiger partial charge in [0.05, 0.1) is 0 Å². The highest BCUT2D eigenvalue weighted by Crippen LogP contribution is 1.99. The van der Waals surface area contributed by atoms with E-state index in [9.17, 15) is 4.79 Å². The Bertz CT molecular complexity index is 97.0. The molecule has 0 fully saturated rings. The standard InChI is InChI=1S/C6H15N3O/c1-5(4-10)2-6(7)3-9-8/h4-6,9H,2-3,7-8H2,1H3/t5?,6-/m1/s1. The lowest BCUT2D eigenvalue weighted by atomic mass is 10.0. The minimum Gasteiger partial charge on any atom is -0.326 e. The highest BCUT2D eigenvalue weighted by atomic mass is 16.1. The number of hydrogen-bond acceptors (Lipinski definition) is 4. The lowest BCUT2D eigenvalue weighted by Crippen LogP contribution is -2.38. The molecular weight excluding hydrogens is 130 g/mol. The van der Waals surface area contributed by atoms with Gasteiger partial charge in [-0.05, 0) is 6.42 Å². The molecule has 0 aromatic rings. The van der Waals surface area contributed by atoms with Crippen LogP contribution in [0.1, 0.15) is 13.3 Å². The second-order valence-electron chi connectivity index (χ2n) is 2.52. The molecule has 0 amide bonds. The maximum atomic E-state index is 10.1. The summed E-state index contributed by atoms with van der Waals surface area (Å²) in [6.45, 7) is 2.39. The fourth-order valence-electron chi connectivity index (χ4n) is 0.768. The summed E-state index contributed by atoms with van der Waals surface area (Å²) in [6.07, 6.45) is 1.59. The molecule has 60 valence electrons. The van der Waals surface area contributed by atoms with Crippen molar-refractivity contribution in [3.05, 3.63) is 0 Å². The number of hydrazine groups is 1. The molecule has 5 N–H and O–H groups in total. The van der Waals surface area contributed by atoms with Crippen molar-refractivity contribution in [1.82, 2.24) is 5.43 Å². The fourth-order valence-corrected chi connectivity index (χ4v) is 0.768. The molecule has 0 aliphatic rings. The van der Waals surface area contributed by atoms with Gasteiger partial charge in [0.25, 0.3) is 0 Å². The highest BCUT2D eigenvalue weighted by molar-refractivity contribution is 5.52. The van der Waals surface area contributed by atoms with Crippen LogP contribution in [-0.4, -0.2) is 18.9 Å².